The standard InChI is InChI=1S/C13H11ClF2N2O/c1-17-6-8-4-10(14)13(18-7-8)19-12-5-9(15)2-3-11(12)16/h2-5,7,17H,6H2,1H3. The first-order valence-corrected chi connectivity index (χ1v) is 5.90. The van der Waals surface area contributed by atoms with Crippen molar-refractivity contribution in [3.8, 4) is 11.6 Å². The number of hydrogen-bond donors (Lipinski definition) is 1. The van der Waals surface area contributed by atoms with Gasteiger partial charge in [0.2, 0.25) is 5.88 Å². The number of halogens is 3. The van der Waals surface area contributed by atoms with E-state index in [0.717, 1.165) is 23.8 Å². The van der Waals surface area contributed by atoms with Gasteiger partial charge in [0, 0.05) is 18.8 Å². The van der Waals surface area contributed by atoms with Crippen LogP contribution in [0.15, 0.2) is 30.5 Å². The molecule has 0 spiro atoms. The zero-order chi connectivity index (χ0) is 13.8. The third-order valence-corrected chi connectivity index (χ3v) is 2.62. The van der Waals surface area contributed by atoms with Crippen molar-refractivity contribution in [3.05, 3.63) is 52.7 Å². The van der Waals surface area contributed by atoms with E-state index in [-0.39, 0.29) is 16.7 Å². The SMILES string of the molecule is CNCc1cnc(Oc2cc(F)ccc2F)c(Cl)c1. The van der Waals surface area contributed by atoms with Crippen LogP contribution in [0, 0.1) is 11.6 Å². The zero-order valence-electron chi connectivity index (χ0n) is 10.1. The predicted octanol–water partition coefficient (Wildman–Crippen LogP) is 3.52. The topological polar surface area (TPSA) is 34.2 Å². The molecular weight excluding hydrogens is 274 g/mol. The highest BCUT2D eigenvalue weighted by Crippen LogP contribution is 2.29. The zero-order valence-corrected chi connectivity index (χ0v) is 10.8. The molecule has 2 rings (SSSR count). The third kappa shape index (κ3) is 3.39. The van der Waals surface area contributed by atoms with Crippen molar-refractivity contribution in [2.24, 2.45) is 0 Å². The molecule has 3 nitrogen and oxygen atoms in total. The molecule has 0 amide bonds. The molecule has 100 valence electrons. The van der Waals surface area contributed by atoms with Crippen LogP contribution in [0.25, 0.3) is 0 Å². The van der Waals surface area contributed by atoms with Gasteiger partial charge in [-0.1, -0.05) is 11.6 Å². The summed E-state index contributed by atoms with van der Waals surface area (Å²) >= 11 is 5.98. The molecule has 0 aliphatic rings. The molecule has 19 heavy (non-hydrogen) atoms. The van der Waals surface area contributed by atoms with E-state index in [2.05, 4.69) is 10.3 Å². The average molecular weight is 285 g/mol. The summed E-state index contributed by atoms with van der Waals surface area (Å²) in [6, 6.07) is 4.58. The predicted molar refractivity (Wildman–Crippen MR) is 68.4 cm³/mol. The Hall–Kier alpha value is -1.72. The van der Waals surface area contributed by atoms with Crippen LogP contribution in [0.5, 0.6) is 11.6 Å². The van der Waals surface area contributed by atoms with E-state index in [1.54, 1.807) is 19.3 Å². The second-order valence-electron chi connectivity index (χ2n) is 3.84. The van der Waals surface area contributed by atoms with Gasteiger partial charge in [0.15, 0.2) is 11.6 Å². The maximum absolute atomic E-state index is 13.4. The summed E-state index contributed by atoms with van der Waals surface area (Å²) in [6.45, 7) is 0.599. The van der Waals surface area contributed by atoms with Gasteiger partial charge in [0.1, 0.15) is 10.8 Å². The molecule has 0 saturated heterocycles. The van der Waals surface area contributed by atoms with Crippen molar-refractivity contribution in [1.82, 2.24) is 10.3 Å². The van der Waals surface area contributed by atoms with Crippen LogP contribution in [0.4, 0.5) is 8.78 Å². The van der Waals surface area contributed by atoms with Gasteiger partial charge in [-0.15, -0.1) is 0 Å². The van der Waals surface area contributed by atoms with Crippen molar-refractivity contribution in [2.45, 2.75) is 6.54 Å². The second-order valence-corrected chi connectivity index (χ2v) is 4.24. The molecule has 2 aromatic rings. The Kier molecular flexibility index (Phi) is 4.29. The van der Waals surface area contributed by atoms with Crippen molar-refractivity contribution < 1.29 is 13.5 Å². The number of pyridine rings is 1. The molecule has 0 radical (unpaired) electrons. The van der Waals surface area contributed by atoms with Gasteiger partial charge in [-0.3, -0.25) is 0 Å². The fourth-order valence-corrected chi connectivity index (χ4v) is 1.73. The van der Waals surface area contributed by atoms with E-state index < -0.39 is 11.6 Å². The van der Waals surface area contributed by atoms with Gasteiger partial charge >= 0.3 is 0 Å². The Morgan fingerprint density at radius 3 is 2.79 bits per heavy atom. The van der Waals surface area contributed by atoms with Gasteiger partial charge in [-0.25, -0.2) is 13.8 Å². The van der Waals surface area contributed by atoms with Crippen LogP contribution < -0.4 is 10.1 Å². The Balaban J connectivity index is 2.25. The van der Waals surface area contributed by atoms with Gasteiger partial charge < -0.3 is 10.1 Å². The fraction of sp³-hybridized carbons (Fsp3) is 0.154. The Morgan fingerprint density at radius 1 is 1.32 bits per heavy atom. The Bertz CT molecular complexity index is 593. The molecule has 0 aliphatic heterocycles. The van der Waals surface area contributed by atoms with E-state index in [1.165, 1.54) is 0 Å². The summed E-state index contributed by atoms with van der Waals surface area (Å²) in [7, 11) is 1.79. The molecule has 1 N–H and O–H groups in total. The van der Waals surface area contributed by atoms with Crippen LogP contribution in [0.1, 0.15) is 5.56 Å². The monoisotopic (exact) mass is 284 g/mol. The van der Waals surface area contributed by atoms with Crippen molar-refractivity contribution in [1.29, 1.82) is 0 Å². The fourth-order valence-electron chi connectivity index (χ4n) is 1.50. The lowest BCUT2D eigenvalue weighted by Crippen LogP contribution is -2.05. The van der Waals surface area contributed by atoms with Gasteiger partial charge in [0.25, 0.3) is 0 Å². The van der Waals surface area contributed by atoms with Gasteiger partial charge in [-0.05, 0) is 30.8 Å². The highest BCUT2D eigenvalue weighted by Gasteiger charge is 2.10. The van der Waals surface area contributed by atoms with E-state index >= 15 is 0 Å². The van der Waals surface area contributed by atoms with Crippen molar-refractivity contribution in [2.75, 3.05) is 7.05 Å². The molecule has 0 fully saturated rings. The smallest absolute Gasteiger partial charge is 0.238 e. The number of aromatic nitrogens is 1. The maximum atomic E-state index is 13.4. The normalized spacial score (nSPS) is 10.5. The lowest BCUT2D eigenvalue weighted by Gasteiger charge is -2.08. The van der Waals surface area contributed by atoms with E-state index in [0.29, 0.717) is 6.54 Å². The number of benzene rings is 1. The summed E-state index contributed by atoms with van der Waals surface area (Å²) in [6.07, 6.45) is 1.55. The van der Waals surface area contributed by atoms with Crippen molar-refractivity contribution in [3.63, 3.8) is 0 Å². The Labute approximate surface area is 114 Å². The summed E-state index contributed by atoms with van der Waals surface area (Å²) in [4.78, 5) is 3.98. The van der Waals surface area contributed by atoms with E-state index in [4.69, 9.17) is 16.3 Å². The molecule has 0 saturated carbocycles. The quantitative estimate of drug-likeness (QED) is 0.933. The van der Waals surface area contributed by atoms with Gasteiger partial charge in [-0.2, -0.15) is 0 Å². The summed E-state index contributed by atoms with van der Waals surface area (Å²) in [5.41, 5.74) is 0.861. The largest absolute Gasteiger partial charge is 0.434 e. The molecule has 1 aromatic carbocycles. The average Bonchev–Trinajstić information content (AvgIpc) is 2.37. The molecule has 0 atom stereocenters. The number of nitrogens with one attached hydrogen (secondary N) is 1. The number of nitrogens with zero attached hydrogens (tertiary/aromatic N) is 1. The first kappa shape index (κ1) is 13.7. The van der Waals surface area contributed by atoms with Crippen LogP contribution >= 0.6 is 11.6 Å². The number of ether oxygens (including phenoxy) is 1. The minimum Gasteiger partial charge on any atom is -0.434 e. The van der Waals surface area contributed by atoms with Crippen LogP contribution in [0.2, 0.25) is 5.02 Å². The van der Waals surface area contributed by atoms with E-state index in [1.807, 2.05) is 0 Å². The molecule has 0 bridgehead atoms. The first-order chi connectivity index (χ1) is 9.10. The van der Waals surface area contributed by atoms with E-state index in [9.17, 15) is 8.78 Å². The second kappa shape index (κ2) is 5.95. The van der Waals surface area contributed by atoms with Crippen LogP contribution in [-0.4, -0.2) is 12.0 Å². The first-order valence-electron chi connectivity index (χ1n) is 5.52. The lowest BCUT2D eigenvalue weighted by molar-refractivity contribution is 0.422. The molecule has 0 unspecified atom stereocenters. The van der Waals surface area contributed by atoms with Crippen LogP contribution in [0.3, 0.4) is 0 Å². The maximum Gasteiger partial charge on any atom is 0.238 e. The third-order valence-electron chi connectivity index (χ3n) is 2.34. The molecule has 0 aliphatic carbocycles. The minimum atomic E-state index is -0.682. The minimum absolute atomic E-state index is 0.0334. The Morgan fingerprint density at radius 2 is 2.11 bits per heavy atom. The molecule has 1 heterocycles. The molecule has 6 heteroatoms. The molecular formula is C13H11ClF2N2O. The number of rotatable bonds is 4. The van der Waals surface area contributed by atoms with Crippen molar-refractivity contribution >= 4 is 11.6 Å². The summed E-state index contributed by atoms with van der Waals surface area (Å²) < 4.78 is 31.6. The highest BCUT2D eigenvalue weighted by molar-refractivity contribution is 6.31. The van der Waals surface area contributed by atoms with Gasteiger partial charge in [0.05, 0.1) is 0 Å². The van der Waals surface area contributed by atoms with Crippen LogP contribution in [-0.2, 0) is 6.54 Å². The molecule has 1 aromatic heterocycles. The highest BCUT2D eigenvalue weighted by atomic mass is 35.5. The summed E-state index contributed by atoms with van der Waals surface area (Å²) in [5, 5.41) is 3.18. The number of hydrogen-bond acceptors (Lipinski definition) is 3. The summed E-state index contributed by atoms with van der Waals surface area (Å²) in [5.74, 6) is -1.50. The lowest BCUT2D eigenvalue weighted by atomic mass is 10.3.